The van der Waals surface area contributed by atoms with Gasteiger partial charge in [-0.3, -0.25) is 0 Å². The van der Waals surface area contributed by atoms with Crippen molar-refractivity contribution in [3.05, 3.63) is 182 Å². The molecule has 0 radical (unpaired) electrons. The van der Waals surface area contributed by atoms with Gasteiger partial charge in [-0.15, -0.1) is 0 Å². The van der Waals surface area contributed by atoms with Crippen molar-refractivity contribution in [1.82, 2.24) is 0 Å². The second kappa shape index (κ2) is 31.7. The third-order valence-electron chi connectivity index (χ3n) is 11.6. The topological polar surface area (TPSA) is 141 Å². The van der Waals surface area contributed by atoms with E-state index in [4.69, 9.17) is 30.0 Å². The van der Waals surface area contributed by atoms with Crippen LogP contribution in [-0.2, 0) is 12.8 Å². The smallest absolute Gasteiger partial charge is 0.423 e. The van der Waals surface area contributed by atoms with Crippen LogP contribution in [0.15, 0.2) is 126 Å². The van der Waals surface area contributed by atoms with Crippen molar-refractivity contribution < 1.29 is 46.7 Å². The van der Waals surface area contributed by atoms with Crippen LogP contribution in [0.1, 0.15) is 147 Å². The molecule has 0 fully saturated rings. The number of nitrogens with zero attached hydrogens (tertiary/aromatic N) is 2. The number of esters is 2. The van der Waals surface area contributed by atoms with Crippen LogP contribution in [0.4, 0.5) is 17.6 Å². The average molecular weight is 1050 g/mol. The number of hydrogen-bond acceptors (Lipinski definition) is 8. The maximum absolute atomic E-state index is 13.7. The Hall–Kier alpha value is -6.58. The number of halogens is 5. The third-order valence-corrected chi connectivity index (χ3v) is 12.1. The number of hydrogen-bond donors (Lipinski definition) is 2. The summed E-state index contributed by atoms with van der Waals surface area (Å²) in [5.74, 6) is -6.38. The zero-order chi connectivity index (χ0) is 52.3. The van der Waals surface area contributed by atoms with E-state index in [1.807, 2.05) is 24.3 Å². The van der Waals surface area contributed by atoms with Crippen molar-refractivity contribution in [1.29, 1.82) is 10.5 Å². The van der Waals surface area contributed by atoms with Gasteiger partial charge in [-0.05, 0) is 89.8 Å². The fourth-order valence-corrected chi connectivity index (χ4v) is 7.70. The molecule has 8 nitrogen and oxygen atoms in total. The standard InChI is InChI=1S/C29H29F2NO2.C15H25BO2.C14H6BrF2NO2/c1-2-3-4-5-6-7-8-9-21-10-12-22(13-11-21)23-14-16-24(17-15-23)29(33)34-25-18-27(30)26(20-32)28(31)19-25;1-2-3-4-5-6-7-8-9-14-10-12-15(13-11-14)16(17)18;15-9-3-1-8(2-4-9)14(19)20-10-5-12(16)11(7-18)13(17)6-10/h10-19H,2-9H2,1H3;10-13,17-18H,2-9H2,1H3;1-6H. The highest BCUT2D eigenvalue weighted by Crippen LogP contribution is 2.25. The number of benzene rings is 6. The summed E-state index contributed by atoms with van der Waals surface area (Å²) in [5, 5.41) is 35.2. The lowest BCUT2D eigenvalue weighted by Gasteiger charge is -2.08. The molecule has 0 unspecified atom stereocenters. The molecule has 0 atom stereocenters. The van der Waals surface area contributed by atoms with Crippen LogP contribution < -0.4 is 14.9 Å². The van der Waals surface area contributed by atoms with Crippen LogP contribution in [0.3, 0.4) is 0 Å². The fraction of sp³-hybridized carbons (Fsp3) is 0.310. The largest absolute Gasteiger partial charge is 0.488 e. The zero-order valence-electron chi connectivity index (χ0n) is 40.7. The fourth-order valence-electron chi connectivity index (χ4n) is 7.44. The minimum Gasteiger partial charge on any atom is -0.423 e. The van der Waals surface area contributed by atoms with Crippen molar-refractivity contribution in [3.63, 3.8) is 0 Å². The zero-order valence-corrected chi connectivity index (χ0v) is 42.3. The molecule has 72 heavy (non-hydrogen) atoms. The molecule has 376 valence electrons. The van der Waals surface area contributed by atoms with Crippen molar-refractivity contribution in [2.24, 2.45) is 0 Å². The first kappa shape index (κ1) is 58.0. The number of rotatable bonds is 22. The van der Waals surface area contributed by atoms with E-state index >= 15 is 0 Å². The summed E-state index contributed by atoms with van der Waals surface area (Å²) < 4.78 is 64.9. The minimum atomic E-state index is -1.35. The first-order chi connectivity index (χ1) is 34.8. The molecule has 0 aliphatic rings. The van der Waals surface area contributed by atoms with Gasteiger partial charge in [-0.25, -0.2) is 27.2 Å². The van der Waals surface area contributed by atoms with E-state index < -0.39 is 53.5 Å². The molecule has 0 bridgehead atoms. The summed E-state index contributed by atoms with van der Waals surface area (Å²) in [7, 11) is -1.35. The summed E-state index contributed by atoms with van der Waals surface area (Å²) in [6.45, 7) is 4.48. The van der Waals surface area contributed by atoms with Crippen LogP contribution in [0.2, 0.25) is 0 Å². The molecule has 0 saturated heterocycles. The van der Waals surface area contributed by atoms with Crippen LogP contribution in [0.25, 0.3) is 11.1 Å². The van der Waals surface area contributed by atoms with E-state index in [1.165, 1.54) is 125 Å². The lowest BCUT2D eigenvalue weighted by molar-refractivity contribution is 0.0724. The number of nitriles is 2. The van der Waals surface area contributed by atoms with Crippen molar-refractivity contribution in [2.75, 3.05) is 0 Å². The summed E-state index contributed by atoms with van der Waals surface area (Å²) >= 11 is 3.21. The van der Waals surface area contributed by atoms with Gasteiger partial charge in [0.05, 0.1) is 11.1 Å². The molecule has 0 saturated carbocycles. The number of unbranched alkanes of at least 4 members (excludes halogenated alkanes) is 12. The Morgan fingerprint density at radius 3 is 1.17 bits per heavy atom. The third kappa shape index (κ3) is 19.9. The Morgan fingerprint density at radius 2 is 0.819 bits per heavy atom. The van der Waals surface area contributed by atoms with Gasteiger partial charge in [0.1, 0.15) is 58.0 Å². The summed E-state index contributed by atoms with van der Waals surface area (Å²) in [6, 6.07) is 35.2. The summed E-state index contributed by atoms with van der Waals surface area (Å²) in [6.07, 6.45) is 20.5. The molecule has 14 heteroatoms. The molecule has 0 aromatic heterocycles. The van der Waals surface area contributed by atoms with Crippen LogP contribution in [-0.4, -0.2) is 29.1 Å². The van der Waals surface area contributed by atoms with E-state index in [1.54, 1.807) is 36.4 Å². The Morgan fingerprint density at radius 1 is 0.500 bits per heavy atom. The first-order valence-electron chi connectivity index (χ1n) is 24.4. The predicted octanol–water partition coefficient (Wildman–Crippen LogP) is 14.5. The Kier molecular flexibility index (Phi) is 25.5. The highest BCUT2D eigenvalue weighted by Gasteiger charge is 2.17. The first-order valence-corrected chi connectivity index (χ1v) is 25.2. The number of carbonyl (C=O) groups is 2. The second-order valence-corrected chi connectivity index (χ2v) is 18.1. The highest BCUT2D eigenvalue weighted by atomic mass is 79.9. The molecular weight excluding hydrogens is 987 g/mol. The van der Waals surface area contributed by atoms with E-state index in [9.17, 15) is 27.2 Å². The van der Waals surface area contributed by atoms with Gasteiger partial charge >= 0.3 is 19.1 Å². The molecule has 0 aliphatic heterocycles. The Labute approximate surface area is 429 Å². The second-order valence-electron chi connectivity index (χ2n) is 17.2. The SMILES string of the molecule is CCCCCCCCCc1ccc(-c2ccc(C(=O)Oc3cc(F)c(C#N)c(F)c3)cc2)cc1.CCCCCCCCCc1ccc(B(O)O)cc1.N#Cc1c(F)cc(OC(=O)c2ccc(Br)cc2)cc1F. The number of carbonyl (C=O) groups excluding carboxylic acids is 2. The van der Waals surface area contributed by atoms with Crippen molar-refractivity contribution >= 4 is 40.4 Å². The van der Waals surface area contributed by atoms with Gasteiger partial charge in [0.25, 0.3) is 0 Å². The molecular formula is C58H60BBrF4N2O6. The predicted molar refractivity (Wildman–Crippen MR) is 278 cm³/mol. The molecule has 0 aliphatic carbocycles. The van der Waals surface area contributed by atoms with Crippen LogP contribution in [0.5, 0.6) is 11.5 Å². The average Bonchev–Trinajstić information content (AvgIpc) is 3.36. The summed E-state index contributed by atoms with van der Waals surface area (Å²) in [4.78, 5) is 24.1. The maximum atomic E-state index is 13.7. The number of ether oxygens (including phenoxy) is 2. The number of aryl methyl sites for hydroxylation is 2. The van der Waals surface area contributed by atoms with Gasteiger partial charge in [0.15, 0.2) is 0 Å². The van der Waals surface area contributed by atoms with Crippen molar-refractivity contribution in [3.8, 4) is 34.8 Å². The molecule has 6 aromatic carbocycles. The maximum Gasteiger partial charge on any atom is 0.488 e. The lowest BCUT2D eigenvalue weighted by atomic mass is 9.80. The highest BCUT2D eigenvalue weighted by molar-refractivity contribution is 9.10. The van der Waals surface area contributed by atoms with E-state index in [-0.39, 0.29) is 22.6 Å². The van der Waals surface area contributed by atoms with Crippen LogP contribution >= 0.6 is 15.9 Å². The van der Waals surface area contributed by atoms with E-state index in [2.05, 4.69) is 54.0 Å². The molecule has 0 amide bonds. The molecule has 6 aromatic rings. The van der Waals surface area contributed by atoms with Gasteiger partial charge in [0.2, 0.25) is 0 Å². The van der Waals surface area contributed by atoms with Gasteiger partial charge in [-0.2, -0.15) is 10.5 Å². The van der Waals surface area contributed by atoms with Crippen LogP contribution in [0, 0.1) is 45.9 Å². The van der Waals surface area contributed by atoms with Gasteiger partial charge in [-0.1, -0.05) is 167 Å². The lowest BCUT2D eigenvalue weighted by Crippen LogP contribution is -2.29. The van der Waals surface area contributed by atoms with Gasteiger partial charge < -0.3 is 19.5 Å². The molecule has 6 rings (SSSR count). The minimum absolute atomic E-state index is 0.235. The molecule has 0 heterocycles. The van der Waals surface area contributed by atoms with Gasteiger partial charge in [0, 0.05) is 28.7 Å². The molecule has 2 N–H and O–H groups in total. The summed E-state index contributed by atoms with van der Waals surface area (Å²) in [5.41, 5.74) is 4.23. The Bertz CT molecular complexity index is 2660. The normalized spacial score (nSPS) is 10.4. The van der Waals surface area contributed by atoms with Crippen molar-refractivity contribution in [2.45, 2.75) is 117 Å². The quantitative estimate of drug-likeness (QED) is 0.0225. The van der Waals surface area contributed by atoms with E-state index in [0.29, 0.717) is 5.46 Å². The Balaban J connectivity index is 0.000000253. The van der Waals surface area contributed by atoms with E-state index in [0.717, 1.165) is 52.7 Å². The molecule has 0 spiro atoms. The monoisotopic (exact) mass is 1050 g/mol.